The molecule has 2 nitrogen and oxygen atoms in total. The molecule has 0 saturated heterocycles. The van der Waals surface area contributed by atoms with Gasteiger partial charge in [0.1, 0.15) is 11.2 Å². The van der Waals surface area contributed by atoms with Gasteiger partial charge in [-0.05, 0) is 110 Å². The summed E-state index contributed by atoms with van der Waals surface area (Å²) in [6, 6.07) is 77.3. The van der Waals surface area contributed by atoms with Crippen LogP contribution in [0.25, 0.3) is 82.8 Å². The summed E-state index contributed by atoms with van der Waals surface area (Å²) in [5, 5.41) is 4.74. The molecule has 1 aliphatic carbocycles. The van der Waals surface area contributed by atoms with Crippen molar-refractivity contribution in [2.24, 2.45) is 0 Å². The topological polar surface area (TPSA) is 18.1 Å². The lowest BCUT2D eigenvalue weighted by atomic mass is 9.67. The van der Waals surface area contributed by atoms with Crippen molar-refractivity contribution in [1.29, 1.82) is 0 Å². The van der Waals surface area contributed by atoms with E-state index in [0.29, 0.717) is 0 Å². The highest BCUT2D eigenvalue weighted by atomic mass is 16.3. The van der Waals surface area contributed by atoms with Crippen LogP contribution in [0.2, 0.25) is 0 Å². The number of fused-ring (bicyclic) bond motifs is 9. The van der Waals surface area contributed by atoms with Gasteiger partial charge in [-0.1, -0.05) is 158 Å². The Hall–Kier alpha value is -7.42. The monoisotopic (exact) mass is 725 g/mol. The van der Waals surface area contributed by atoms with Gasteiger partial charge in [0.05, 0.1) is 16.4 Å². The molecule has 11 aromatic rings. The number of para-hydroxylation sites is 1. The fourth-order valence-electron chi connectivity index (χ4n) is 9.75. The number of hydrogen-bond donors (Lipinski definition) is 0. The van der Waals surface area contributed by atoms with Crippen molar-refractivity contribution in [2.75, 3.05) is 0 Å². The van der Waals surface area contributed by atoms with Crippen molar-refractivity contribution >= 4 is 43.7 Å². The average Bonchev–Trinajstić information content (AvgIpc) is 3.92. The molecule has 12 rings (SSSR count). The second-order valence-corrected chi connectivity index (χ2v) is 15.2. The molecular weight excluding hydrogens is 691 g/mol. The van der Waals surface area contributed by atoms with Gasteiger partial charge in [0.2, 0.25) is 0 Å². The fourth-order valence-corrected chi connectivity index (χ4v) is 9.75. The molecule has 0 unspecified atom stereocenters. The predicted molar refractivity (Wildman–Crippen MR) is 236 cm³/mol. The maximum absolute atomic E-state index is 6.75. The van der Waals surface area contributed by atoms with Crippen LogP contribution in [-0.4, -0.2) is 4.57 Å². The van der Waals surface area contributed by atoms with E-state index >= 15 is 0 Å². The summed E-state index contributed by atoms with van der Waals surface area (Å²) in [6.07, 6.45) is 0. The minimum Gasteiger partial charge on any atom is -0.456 e. The maximum atomic E-state index is 6.75. The molecule has 0 atom stereocenters. The summed E-state index contributed by atoms with van der Waals surface area (Å²) in [7, 11) is 0. The third kappa shape index (κ3) is 4.65. The van der Waals surface area contributed by atoms with Gasteiger partial charge >= 0.3 is 0 Å². The first kappa shape index (κ1) is 31.9. The van der Waals surface area contributed by atoms with Crippen molar-refractivity contribution in [2.45, 2.75) is 5.41 Å². The van der Waals surface area contributed by atoms with Crippen LogP contribution in [0.3, 0.4) is 0 Å². The van der Waals surface area contributed by atoms with Crippen LogP contribution in [0.1, 0.15) is 22.3 Å². The Balaban J connectivity index is 1.01. The van der Waals surface area contributed by atoms with Crippen LogP contribution in [0.4, 0.5) is 0 Å². The summed E-state index contributed by atoms with van der Waals surface area (Å²) in [4.78, 5) is 0. The first-order valence-corrected chi connectivity index (χ1v) is 19.7. The third-order valence-electron chi connectivity index (χ3n) is 12.3. The highest BCUT2D eigenvalue weighted by Gasteiger charge is 2.46. The van der Waals surface area contributed by atoms with E-state index in [1.54, 1.807) is 0 Å². The Bertz CT molecular complexity index is 3280. The van der Waals surface area contributed by atoms with E-state index in [1.165, 1.54) is 77.4 Å². The molecule has 9 aromatic carbocycles. The lowest BCUT2D eigenvalue weighted by Crippen LogP contribution is -2.28. The van der Waals surface area contributed by atoms with Gasteiger partial charge in [-0.3, -0.25) is 0 Å². The van der Waals surface area contributed by atoms with Crippen molar-refractivity contribution in [3.05, 3.63) is 235 Å². The Morgan fingerprint density at radius 2 is 0.895 bits per heavy atom. The fraction of sp³-hybridized carbons (Fsp3) is 0.0182. The largest absolute Gasteiger partial charge is 0.456 e. The first-order valence-electron chi connectivity index (χ1n) is 19.7. The molecule has 2 heterocycles. The zero-order valence-electron chi connectivity index (χ0n) is 31.1. The van der Waals surface area contributed by atoms with Crippen LogP contribution < -0.4 is 0 Å². The Kier molecular flexibility index (Phi) is 6.88. The van der Waals surface area contributed by atoms with Gasteiger partial charge in [0, 0.05) is 27.2 Å². The molecule has 0 saturated carbocycles. The lowest BCUT2D eigenvalue weighted by molar-refractivity contribution is 0.666. The molecule has 0 N–H and O–H groups in total. The highest BCUT2D eigenvalue weighted by molar-refractivity contribution is 6.12. The van der Waals surface area contributed by atoms with E-state index in [1.807, 2.05) is 0 Å². The van der Waals surface area contributed by atoms with E-state index in [4.69, 9.17) is 4.42 Å². The average molecular weight is 726 g/mol. The minimum absolute atomic E-state index is 0.467. The number of aromatic nitrogens is 1. The molecular formula is C55H35NO. The SMILES string of the molecule is c1ccc(-c2ccc(-n3c4ccccc4c4cc(-c5ccc6oc7cc8c(cc7c6c5)-c5ccccc5C8(c5ccccc5)c5ccccc5)ccc43)cc2)cc1. The van der Waals surface area contributed by atoms with E-state index < -0.39 is 5.41 Å². The third-order valence-corrected chi connectivity index (χ3v) is 12.3. The van der Waals surface area contributed by atoms with E-state index in [0.717, 1.165) is 27.6 Å². The van der Waals surface area contributed by atoms with E-state index in [2.05, 4.69) is 217 Å². The summed E-state index contributed by atoms with van der Waals surface area (Å²) in [5.74, 6) is 0. The zero-order valence-corrected chi connectivity index (χ0v) is 31.1. The number of rotatable bonds is 5. The maximum Gasteiger partial charge on any atom is 0.135 e. The molecule has 2 heteroatoms. The standard InChI is InChI=1S/C55H35NO/c1-4-14-36(15-5-1)37-24-28-42(29-25-37)56-51-23-13-11-21-44(51)46-32-38(26-30-52(46)56)39-27-31-53-47(33-39)48-34-45-43-20-10-12-22-49(43)55(40-16-6-2-7-17-40,41-18-8-3-9-19-41)50(45)35-54(48)57-53/h1-35H. The van der Waals surface area contributed by atoms with Crippen LogP contribution >= 0.6 is 0 Å². The molecule has 2 aromatic heterocycles. The first-order chi connectivity index (χ1) is 28.3. The van der Waals surface area contributed by atoms with Gasteiger partial charge in [-0.25, -0.2) is 0 Å². The number of hydrogen-bond acceptors (Lipinski definition) is 1. The smallest absolute Gasteiger partial charge is 0.135 e. The van der Waals surface area contributed by atoms with Crippen LogP contribution in [-0.2, 0) is 5.41 Å². The van der Waals surface area contributed by atoms with E-state index in [9.17, 15) is 0 Å². The molecule has 0 fully saturated rings. The van der Waals surface area contributed by atoms with Crippen molar-refractivity contribution in [3.8, 4) is 39.1 Å². The second-order valence-electron chi connectivity index (χ2n) is 15.2. The molecule has 0 bridgehead atoms. The molecule has 0 aliphatic heterocycles. The Morgan fingerprint density at radius 1 is 0.333 bits per heavy atom. The van der Waals surface area contributed by atoms with Crippen molar-refractivity contribution in [3.63, 3.8) is 0 Å². The molecule has 0 amide bonds. The molecule has 0 spiro atoms. The Morgan fingerprint density at radius 3 is 1.65 bits per heavy atom. The van der Waals surface area contributed by atoms with E-state index in [-0.39, 0.29) is 0 Å². The number of benzene rings is 9. The minimum atomic E-state index is -0.467. The number of nitrogens with zero attached hydrogens (tertiary/aromatic N) is 1. The molecule has 0 radical (unpaired) electrons. The molecule has 266 valence electrons. The quantitative estimate of drug-likeness (QED) is 0.173. The van der Waals surface area contributed by atoms with Gasteiger partial charge in [-0.2, -0.15) is 0 Å². The predicted octanol–water partition coefficient (Wildman–Crippen LogP) is 14.4. The summed E-state index contributed by atoms with van der Waals surface area (Å²) in [5.41, 5.74) is 17.2. The van der Waals surface area contributed by atoms with Crippen LogP contribution in [0.15, 0.2) is 217 Å². The molecule has 1 aliphatic rings. The zero-order chi connectivity index (χ0) is 37.5. The normalized spacial score (nSPS) is 13.1. The van der Waals surface area contributed by atoms with Gasteiger partial charge < -0.3 is 8.98 Å². The Labute approximate surface area is 330 Å². The second kappa shape index (κ2) is 12.3. The van der Waals surface area contributed by atoms with Gasteiger partial charge in [0.15, 0.2) is 0 Å². The van der Waals surface area contributed by atoms with Crippen LogP contribution in [0, 0.1) is 0 Å². The highest BCUT2D eigenvalue weighted by Crippen LogP contribution is 2.57. The number of furan rings is 1. The van der Waals surface area contributed by atoms with Gasteiger partial charge in [0.25, 0.3) is 0 Å². The van der Waals surface area contributed by atoms with Gasteiger partial charge in [-0.15, -0.1) is 0 Å². The molecule has 57 heavy (non-hydrogen) atoms. The van der Waals surface area contributed by atoms with Crippen LogP contribution in [0.5, 0.6) is 0 Å². The summed E-state index contributed by atoms with van der Waals surface area (Å²) < 4.78 is 9.13. The van der Waals surface area contributed by atoms with Crippen molar-refractivity contribution in [1.82, 2.24) is 4.57 Å². The summed E-state index contributed by atoms with van der Waals surface area (Å²) >= 11 is 0. The lowest BCUT2D eigenvalue weighted by Gasteiger charge is -2.33. The van der Waals surface area contributed by atoms with Crippen molar-refractivity contribution < 1.29 is 4.42 Å². The summed E-state index contributed by atoms with van der Waals surface area (Å²) in [6.45, 7) is 0.